The van der Waals surface area contributed by atoms with E-state index in [-0.39, 0.29) is 12.5 Å². The second kappa shape index (κ2) is 5.33. The molecule has 0 aromatic rings. The Kier molecular flexibility index (Phi) is 4.01. The van der Waals surface area contributed by atoms with Crippen LogP contribution in [0.4, 0.5) is 0 Å². The van der Waals surface area contributed by atoms with Gasteiger partial charge in [0.05, 0.1) is 0 Å². The normalized spacial score (nSPS) is 25.2. The van der Waals surface area contributed by atoms with E-state index in [1.54, 1.807) is 0 Å². The lowest BCUT2D eigenvalue weighted by Crippen LogP contribution is -2.44. The zero-order chi connectivity index (χ0) is 12.3. The van der Waals surface area contributed by atoms with Crippen molar-refractivity contribution in [2.45, 2.75) is 25.4 Å². The molecule has 5 nitrogen and oxygen atoms in total. The first-order valence-corrected chi connectivity index (χ1v) is 6.30. The summed E-state index contributed by atoms with van der Waals surface area (Å²) in [6, 6.07) is 0. The smallest absolute Gasteiger partial charge is 0.253 e. The molecule has 17 heavy (non-hydrogen) atoms. The van der Waals surface area contributed by atoms with Gasteiger partial charge in [-0.2, -0.15) is 0 Å². The quantitative estimate of drug-likeness (QED) is 0.756. The minimum Gasteiger partial charge on any atom is -0.381 e. The van der Waals surface area contributed by atoms with Crippen molar-refractivity contribution >= 4 is 5.91 Å². The Morgan fingerprint density at radius 1 is 1.47 bits per heavy atom. The van der Waals surface area contributed by atoms with Crippen molar-refractivity contribution in [2.75, 3.05) is 40.0 Å². The van der Waals surface area contributed by atoms with Crippen LogP contribution in [0.2, 0.25) is 0 Å². The van der Waals surface area contributed by atoms with E-state index in [0.29, 0.717) is 5.41 Å². The fourth-order valence-electron chi connectivity index (χ4n) is 2.84. The van der Waals surface area contributed by atoms with Gasteiger partial charge in [-0.25, -0.2) is 0 Å². The Hall–Kier alpha value is -0.650. The summed E-state index contributed by atoms with van der Waals surface area (Å²) in [5.41, 5.74) is 5.82. The molecule has 2 aliphatic rings. The van der Waals surface area contributed by atoms with Crippen LogP contribution in [-0.4, -0.2) is 56.9 Å². The van der Waals surface area contributed by atoms with Crippen LogP contribution < -0.4 is 5.73 Å². The maximum absolute atomic E-state index is 12.1. The van der Waals surface area contributed by atoms with Crippen molar-refractivity contribution in [3.63, 3.8) is 0 Å². The molecule has 0 aromatic heterocycles. The molecule has 0 radical (unpaired) electrons. The minimum absolute atomic E-state index is 0.0402. The fourth-order valence-corrected chi connectivity index (χ4v) is 2.84. The Bertz CT molecular complexity index is 273. The van der Waals surface area contributed by atoms with Crippen LogP contribution in [-0.2, 0) is 14.3 Å². The lowest BCUT2D eigenvalue weighted by Gasteiger charge is -2.33. The lowest BCUT2D eigenvalue weighted by atomic mass is 9.80. The monoisotopic (exact) mass is 242 g/mol. The van der Waals surface area contributed by atoms with E-state index in [9.17, 15) is 4.79 Å². The number of rotatable bonds is 3. The van der Waals surface area contributed by atoms with Crippen molar-refractivity contribution in [1.29, 1.82) is 0 Å². The molecule has 2 saturated heterocycles. The second-order valence-electron chi connectivity index (χ2n) is 5.08. The maximum Gasteiger partial charge on any atom is 0.253 e. The van der Waals surface area contributed by atoms with E-state index >= 15 is 0 Å². The van der Waals surface area contributed by atoms with Crippen molar-refractivity contribution < 1.29 is 14.3 Å². The lowest BCUT2D eigenvalue weighted by molar-refractivity contribution is -0.141. The van der Waals surface area contributed by atoms with Gasteiger partial charge in [-0.1, -0.05) is 0 Å². The van der Waals surface area contributed by atoms with Crippen LogP contribution in [0.3, 0.4) is 0 Å². The summed E-state index contributed by atoms with van der Waals surface area (Å²) in [4.78, 5) is 14.0. The Labute approximate surface area is 102 Å². The van der Waals surface area contributed by atoms with Gasteiger partial charge in [0.1, 0.15) is 6.10 Å². The summed E-state index contributed by atoms with van der Waals surface area (Å²) in [6.07, 6.45) is 2.74. The van der Waals surface area contributed by atoms with Gasteiger partial charge < -0.3 is 20.1 Å². The highest BCUT2D eigenvalue weighted by Gasteiger charge is 2.42. The highest BCUT2D eigenvalue weighted by atomic mass is 16.5. The molecule has 2 heterocycles. The largest absolute Gasteiger partial charge is 0.381 e. The van der Waals surface area contributed by atoms with Crippen LogP contribution in [0.5, 0.6) is 0 Å². The molecular formula is C12H22N2O3. The Morgan fingerprint density at radius 2 is 2.18 bits per heavy atom. The molecule has 2 fully saturated rings. The van der Waals surface area contributed by atoms with Crippen molar-refractivity contribution in [1.82, 2.24) is 4.90 Å². The number of methoxy groups -OCH3 is 1. The molecule has 2 rings (SSSR count). The number of carbonyl (C=O) groups is 1. The predicted octanol–water partition coefficient (Wildman–Crippen LogP) is -0.0108. The molecule has 1 spiro atoms. The highest BCUT2D eigenvalue weighted by molar-refractivity contribution is 5.81. The van der Waals surface area contributed by atoms with E-state index < -0.39 is 6.10 Å². The first-order chi connectivity index (χ1) is 8.21. The number of nitrogens with zero attached hydrogens (tertiary/aromatic N) is 1. The van der Waals surface area contributed by atoms with Crippen LogP contribution in [0.25, 0.3) is 0 Å². The number of amides is 1. The van der Waals surface area contributed by atoms with Crippen molar-refractivity contribution in [3.8, 4) is 0 Å². The van der Waals surface area contributed by atoms with Gasteiger partial charge in [-0.15, -0.1) is 0 Å². The molecule has 1 amide bonds. The first-order valence-electron chi connectivity index (χ1n) is 6.30. The SMILES string of the molecule is COC(CN)C(=O)N1CCC2(CCOCC2)C1. The predicted molar refractivity (Wildman–Crippen MR) is 63.5 cm³/mol. The fraction of sp³-hybridized carbons (Fsp3) is 0.917. The summed E-state index contributed by atoms with van der Waals surface area (Å²) in [5.74, 6) is 0.0402. The summed E-state index contributed by atoms with van der Waals surface area (Å²) in [6.45, 7) is 3.58. The molecule has 2 aliphatic heterocycles. The summed E-state index contributed by atoms with van der Waals surface area (Å²) >= 11 is 0. The number of hydrogen-bond acceptors (Lipinski definition) is 4. The second-order valence-corrected chi connectivity index (χ2v) is 5.08. The van der Waals surface area contributed by atoms with Gasteiger partial charge >= 0.3 is 0 Å². The third-order valence-electron chi connectivity index (χ3n) is 4.08. The average Bonchev–Trinajstić information content (AvgIpc) is 2.75. The topological polar surface area (TPSA) is 64.8 Å². The minimum atomic E-state index is -0.481. The van der Waals surface area contributed by atoms with E-state index in [2.05, 4.69) is 0 Å². The summed E-state index contributed by atoms with van der Waals surface area (Å²) < 4.78 is 10.5. The van der Waals surface area contributed by atoms with Gasteiger partial charge in [0.2, 0.25) is 0 Å². The number of nitrogens with two attached hydrogens (primary N) is 1. The van der Waals surface area contributed by atoms with Gasteiger partial charge in [-0.05, 0) is 24.7 Å². The summed E-state index contributed by atoms with van der Waals surface area (Å²) in [7, 11) is 1.54. The molecule has 2 N–H and O–H groups in total. The molecule has 1 unspecified atom stereocenters. The van der Waals surface area contributed by atoms with Crippen molar-refractivity contribution in [2.24, 2.45) is 11.1 Å². The standard InChI is InChI=1S/C12H22N2O3/c1-16-10(8-13)11(15)14-5-2-12(9-14)3-6-17-7-4-12/h10H,2-9,13H2,1H3. The molecular weight excluding hydrogens is 220 g/mol. The summed E-state index contributed by atoms with van der Waals surface area (Å²) in [5, 5.41) is 0. The van der Waals surface area contributed by atoms with Crippen LogP contribution in [0.15, 0.2) is 0 Å². The van der Waals surface area contributed by atoms with E-state index in [1.165, 1.54) is 7.11 Å². The zero-order valence-electron chi connectivity index (χ0n) is 10.5. The van der Waals surface area contributed by atoms with E-state index in [4.69, 9.17) is 15.2 Å². The first kappa shape index (κ1) is 12.8. The molecule has 5 heteroatoms. The molecule has 0 aromatic carbocycles. The van der Waals surface area contributed by atoms with Gasteiger partial charge in [0, 0.05) is 40.0 Å². The molecule has 0 saturated carbocycles. The van der Waals surface area contributed by atoms with Gasteiger partial charge in [-0.3, -0.25) is 4.79 Å². The van der Waals surface area contributed by atoms with Crippen molar-refractivity contribution in [3.05, 3.63) is 0 Å². The molecule has 0 bridgehead atoms. The zero-order valence-corrected chi connectivity index (χ0v) is 10.5. The number of ether oxygens (including phenoxy) is 2. The van der Waals surface area contributed by atoms with Gasteiger partial charge in [0.25, 0.3) is 5.91 Å². The third-order valence-corrected chi connectivity index (χ3v) is 4.08. The van der Waals surface area contributed by atoms with Crippen LogP contribution >= 0.6 is 0 Å². The molecule has 0 aliphatic carbocycles. The molecule has 98 valence electrons. The van der Waals surface area contributed by atoms with Crippen LogP contribution in [0.1, 0.15) is 19.3 Å². The molecule has 1 atom stereocenters. The van der Waals surface area contributed by atoms with E-state index in [1.807, 2.05) is 4.90 Å². The Morgan fingerprint density at radius 3 is 2.76 bits per heavy atom. The number of carbonyl (C=O) groups excluding carboxylic acids is 1. The van der Waals surface area contributed by atoms with Crippen LogP contribution in [0, 0.1) is 5.41 Å². The number of hydrogen-bond donors (Lipinski definition) is 1. The van der Waals surface area contributed by atoms with E-state index in [0.717, 1.165) is 45.6 Å². The number of likely N-dealkylation sites (tertiary alicyclic amines) is 1. The highest BCUT2D eigenvalue weighted by Crippen LogP contribution is 2.39. The Balaban J connectivity index is 1.94. The maximum atomic E-state index is 12.1. The third kappa shape index (κ3) is 2.61. The average molecular weight is 242 g/mol. The van der Waals surface area contributed by atoms with Gasteiger partial charge in [0.15, 0.2) is 0 Å².